The lowest BCUT2D eigenvalue weighted by Crippen LogP contribution is -2.35. The Morgan fingerprint density at radius 1 is 1.22 bits per heavy atom. The number of carbonyl (C=O) groups excluding carboxylic acids is 1. The molecule has 4 rings (SSSR count). The highest BCUT2D eigenvalue weighted by Gasteiger charge is 2.16. The summed E-state index contributed by atoms with van der Waals surface area (Å²) in [5.74, 6) is -1.43. The monoisotopic (exact) mass is 474 g/mol. The van der Waals surface area contributed by atoms with Crippen LogP contribution >= 0.6 is 22.9 Å². The van der Waals surface area contributed by atoms with E-state index in [1.807, 2.05) is 0 Å². The molecule has 0 atom stereocenters. The summed E-state index contributed by atoms with van der Waals surface area (Å²) in [6, 6.07) is 8.67. The van der Waals surface area contributed by atoms with Crippen molar-refractivity contribution in [1.82, 2.24) is 19.9 Å². The van der Waals surface area contributed by atoms with Gasteiger partial charge in [0, 0.05) is 23.7 Å². The number of rotatable bonds is 5. The molecule has 0 unspecified atom stereocenters. The number of halogens is 2. The van der Waals surface area contributed by atoms with Gasteiger partial charge in [0.25, 0.3) is 5.56 Å². The fourth-order valence-corrected chi connectivity index (χ4v) is 4.05. The van der Waals surface area contributed by atoms with Gasteiger partial charge in [-0.2, -0.15) is 0 Å². The third-order valence-corrected chi connectivity index (χ3v) is 5.76. The highest BCUT2D eigenvalue weighted by Crippen LogP contribution is 2.21. The Balaban J connectivity index is 1.58. The lowest BCUT2D eigenvalue weighted by molar-refractivity contribution is 0.252. The number of hydrogen-bond donors (Lipinski definition) is 4. The third-order valence-electron chi connectivity index (χ3n) is 4.53. The maximum absolute atomic E-state index is 14.7. The van der Waals surface area contributed by atoms with Gasteiger partial charge >= 0.3 is 11.7 Å². The molecular formula is C20H16ClFN6O3S. The second-order valence-electron chi connectivity index (χ2n) is 6.62. The molecule has 3 aromatic heterocycles. The minimum Gasteiger partial charge on any atom is -0.388 e. The van der Waals surface area contributed by atoms with Crippen LogP contribution in [0.5, 0.6) is 0 Å². The van der Waals surface area contributed by atoms with Crippen molar-refractivity contribution in [2.75, 3.05) is 17.7 Å². The number of urea groups is 1. The summed E-state index contributed by atoms with van der Waals surface area (Å²) < 4.78 is 16.0. The number of H-pyrrole nitrogens is 1. The Morgan fingerprint density at radius 3 is 2.72 bits per heavy atom. The molecule has 0 aliphatic carbocycles. The summed E-state index contributed by atoms with van der Waals surface area (Å²) in [4.78, 5) is 44.6. The number of pyridine rings is 1. The van der Waals surface area contributed by atoms with E-state index in [9.17, 15) is 18.8 Å². The SMILES string of the molecule is CNc1ccc2c(=O)n(-c3ncc(NC(=O)NCc4ccc(Cl)s4)cc3F)c(=O)[nH]c2c1. The quantitative estimate of drug-likeness (QED) is 0.353. The molecule has 12 heteroatoms. The highest BCUT2D eigenvalue weighted by molar-refractivity contribution is 7.16. The van der Waals surface area contributed by atoms with Crippen molar-refractivity contribution < 1.29 is 9.18 Å². The van der Waals surface area contributed by atoms with E-state index < -0.39 is 28.9 Å². The standard InChI is InChI=1S/C20H16ClFN6O3S/c1-23-10-2-4-13-15(7-10)27-20(31)28(18(13)29)17-14(22)6-11(8-24-17)26-19(30)25-9-12-3-5-16(21)32-12/h2-8,23H,9H2,1H3,(H,27,31)(H2,25,26,30). The van der Waals surface area contributed by atoms with E-state index in [0.29, 0.717) is 20.1 Å². The molecule has 3 heterocycles. The fourth-order valence-electron chi connectivity index (χ4n) is 3.02. The molecule has 1 aromatic carbocycles. The predicted molar refractivity (Wildman–Crippen MR) is 123 cm³/mol. The van der Waals surface area contributed by atoms with Gasteiger partial charge in [-0.05, 0) is 30.3 Å². The van der Waals surface area contributed by atoms with Crippen LogP contribution in [0, 0.1) is 5.82 Å². The Bertz CT molecular complexity index is 1450. The van der Waals surface area contributed by atoms with Gasteiger partial charge in [0.2, 0.25) is 0 Å². The molecule has 32 heavy (non-hydrogen) atoms. The van der Waals surface area contributed by atoms with Gasteiger partial charge in [0.05, 0.1) is 33.7 Å². The van der Waals surface area contributed by atoms with Crippen molar-refractivity contribution in [2.24, 2.45) is 0 Å². The molecule has 0 fully saturated rings. The van der Waals surface area contributed by atoms with Gasteiger partial charge in [-0.1, -0.05) is 11.6 Å². The average molecular weight is 475 g/mol. The van der Waals surface area contributed by atoms with Crippen LogP contribution in [0.4, 0.5) is 20.6 Å². The first-order valence-electron chi connectivity index (χ1n) is 9.27. The van der Waals surface area contributed by atoms with Crippen molar-refractivity contribution in [3.05, 3.63) is 78.5 Å². The van der Waals surface area contributed by atoms with Gasteiger partial charge in [0.1, 0.15) is 0 Å². The second kappa shape index (κ2) is 8.81. The number of nitrogens with zero attached hydrogens (tertiary/aromatic N) is 2. The van der Waals surface area contributed by atoms with Crippen molar-refractivity contribution in [1.29, 1.82) is 0 Å². The molecule has 0 bridgehead atoms. The maximum Gasteiger partial charge on any atom is 0.334 e. The zero-order valence-electron chi connectivity index (χ0n) is 16.5. The molecule has 164 valence electrons. The van der Waals surface area contributed by atoms with Crippen molar-refractivity contribution in [2.45, 2.75) is 6.54 Å². The van der Waals surface area contributed by atoms with Crippen LogP contribution in [-0.4, -0.2) is 27.6 Å². The van der Waals surface area contributed by atoms with E-state index in [4.69, 9.17) is 11.6 Å². The highest BCUT2D eigenvalue weighted by atomic mass is 35.5. The zero-order chi connectivity index (χ0) is 22.8. The van der Waals surface area contributed by atoms with Crippen LogP contribution in [-0.2, 0) is 6.54 Å². The largest absolute Gasteiger partial charge is 0.388 e. The van der Waals surface area contributed by atoms with E-state index in [2.05, 4.69) is 25.9 Å². The number of hydrogen-bond acceptors (Lipinski definition) is 6. The van der Waals surface area contributed by atoms with Crippen LogP contribution in [0.25, 0.3) is 16.7 Å². The van der Waals surface area contributed by atoms with E-state index in [0.717, 1.165) is 17.1 Å². The summed E-state index contributed by atoms with van der Waals surface area (Å²) >= 11 is 7.17. The number of carbonyl (C=O) groups is 1. The number of thiophene rings is 1. The van der Waals surface area contributed by atoms with Crippen LogP contribution in [0.1, 0.15) is 4.88 Å². The van der Waals surface area contributed by atoms with Gasteiger partial charge < -0.3 is 20.9 Å². The molecule has 0 aliphatic rings. The molecule has 4 aromatic rings. The minimum absolute atomic E-state index is 0.0527. The molecule has 9 nitrogen and oxygen atoms in total. The van der Waals surface area contributed by atoms with Gasteiger partial charge in [-0.25, -0.2) is 23.5 Å². The number of amides is 2. The Morgan fingerprint density at radius 2 is 2.03 bits per heavy atom. The average Bonchev–Trinajstić information content (AvgIpc) is 3.18. The third kappa shape index (κ3) is 4.34. The van der Waals surface area contributed by atoms with Crippen LogP contribution < -0.4 is 27.2 Å². The first-order chi connectivity index (χ1) is 15.4. The second-order valence-corrected chi connectivity index (χ2v) is 8.42. The number of aromatic nitrogens is 3. The summed E-state index contributed by atoms with van der Waals surface area (Å²) in [5.41, 5.74) is -0.492. The van der Waals surface area contributed by atoms with E-state index >= 15 is 0 Å². The van der Waals surface area contributed by atoms with Gasteiger partial charge in [-0.15, -0.1) is 11.3 Å². The lowest BCUT2D eigenvalue weighted by atomic mass is 10.2. The van der Waals surface area contributed by atoms with Crippen LogP contribution in [0.3, 0.4) is 0 Å². The maximum atomic E-state index is 14.7. The minimum atomic E-state index is -0.952. The topological polar surface area (TPSA) is 121 Å². The number of benzene rings is 1. The van der Waals surface area contributed by atoms with Crippen molar-refractivity contribution >= 4 is 51.2 Å². The molecule has 0 radical (unpaired) electrons. The first-order valence-corrected chi connectivity index (χ1v) is 10.5. The van der Waals surface area contributed by atoms with Crippen LogP contribution in [0.15, 0.2) is 52.2 Å². The number of aromatic amines is 1. The Kier molecular flexibility index (Phi) is 5.93. The summed E-state index contributed by atoms with van der Waals surface area (Å²) in [6.07, 6.45) is 1.15. The molecule has 0 aliphatic heterocycles. The summed E-state index contributed by atoms with van der Waals surface area (Å²) in [5, 5.41) is 8.16. The summed E-state index contributed by atoms with van der Waals surface area (Å²) in [7, 11) is 1.70. The number of fused-ring (bicyclic) bond motifs is 1. The predicted octanol–water partition coefficient (Wildman–Crippen LogP) is 3.29. The molecule has 0 spiro atoms. The lowest BCUT2D eigenvalue weighted by Gasteiger charge is -2.10. The summed E-state index contributed by atoms with van der Waals surface area (Å²) in [6.45, 7) is 0.244. The smallest absolute Gasteiger partial charge is 0.334 e. The molecule has 4 N–H and O–H groups in total. The van der Waals surface area contributed by atoms with Crippen molar-refractivity contribution in [3.8, 4) is 5.82 Å². The molecular weight excluding hydrogens is 459 g/mol. The Hall–Kier alpha value is -3.70. The van der Waals surface area contributed by atoms with Crippen molar-refractivity contribution in [3.63, 3.8) is 0 Å². The Labute approximate surface area is 188 Å². The normalized spacial score (nSPS) is 10.8. The van der Waals surface area contributed by atoms with E-state index in [1.165, 1.54) is 17.4 Å². The molecule has 0 saturated carbocycles. The molecule has 0 saturated heterocycles. The fraction of sp³-hybridized carbons (Fsp3) is 0.100. The van der Waals surface area contributed by atoms with Crippen LogP contribution in [0.2, 0.25) is 4.34 Å². The number of anilines is 2. The van der Waals surface area contributed by atoms with E-state index in [1.54, 1.807) is 31.3 Å². The van der Waals surface area contributed by atoms with Gasteiger partial charge in [0.15, 0.2) is 11.6 Å². The zero-order valence-corrected chi connectivity index (χ0v) is 18.1. The number of nitrogens with one attached hydrogen (secondary N) is 4. The van der Waals surface area contributed by atoms with E-state index in [-0.39, 0.29) is 17.6 Å². The first kappa shape index (κ1) is 21.5. The molecule has 2 amide bonds. The van der Waals surface area contributed by atoms with Gasteiger partial charge in [-0.3, -0.25) is 4.79 Å².